The van der Waals surface area contributed by atoms with Gasteiger partial charge in [0.15, 0.2) is 11.7 Å². The van der Waals surface area contributed by atoms with Gasteiger partial charge in [0.05, 0.1) is 23.7 Å². The second-order valence-corrected chi connectivity index (χ2v) is 9.82. The molecule has 8 nitrogen and oxygen atoms in total. The lowest BCUT2D eigenvalue weighted by molar-refractivity contribution is -0.261. The Morgan fingerprint density at radius 3 is 2.40 bits per heavy atom. The number of esters is 2. The van der Waals surface area contributed by atoms with Gasteiger partial charge in [-0.25, -0.2) is 0 Å². The Morgan fingerprint density at radius 2 is 1.80 bits per heavy atom. The number of carbonyl (C=O) groups excluding carboxylic acids is 2. The summed E-state index contributed by atoms with van der Waals surface area (Å²) in [4.78, 5) is 24.6. The van der Waals surface area contributed by atoms with Crippen molar-refractivity contribution in [3.8, 4) is 0 Å². The minimum absolute atomic E-state index is 0.178. The van der Waals surface area contributed by atoms with E-state index in [2.05, 4.69) is 0 Å². The normalized spacial score (nSPS) is 51.1. The molecular formula is C22H34O8. The Morgan fingerprint density at radius 1 is 1.20 bits per heavy atom. The van der Waals surface area contributed by atoms with Crippen molar-refractivity contribution >= 4 is 11.9 Å². The van der Waals surface area contributed by atoms with Gasteiger partial charge in [0.1, 0.15) is 6.10 Å². The van der Waals surface area contributed by atoms with E-state index in [9.17, 15) is 30.0 Å². The molecule has 0 aromatic heterocycles. The third-order valence-corrected chi connectivity index (χ3v) is 7.75. The summed E-state index contributed by atoms with van der Waals surface area (Å²) in [5, 5.41) is 45.5. The predicted octanol–water partition coefficient (Wildman–Crippen LogP) is 0.840. The van der Waals surface area contributed by atoms with E-state index in [1.54, 1.807) is 26.8 Å². The molecule has 1 heterocycles. The van der Waals surface area contributed by atoms with Gasteiger partial charge in [-0.3, -0.25) is 9.59 Å². The van der Waals surface area contributed by atoms with Crippen molar-refractivity contribution < 1.29 is 39.5 Å². The first kappa shape index (κ1) is 23.2. The highest BCUT2D eigenvalue weighted by atomic mass is 16.6. The van der Waals surface area contributed by atoms with E-state index in [4.69, 9.17) is 9.47 Å². The minimum atomic E-state index is -1.98. The van der Waals surface area contributed by atoms with Gasteiger partial charge in [-0.1, -0.05) is 12.5 Å². The zero-order valence-electron chi connectivity index (χ0n) is 18.3. The number of allylic oxidation sites excluding steroid dienone is 1. The second-order valence-electron chi connectivity index (χ2n) is 9.82. The van der Waals surface area contributed by atoms with Gasteiger partial charge in [0.2, 0.25) is 0 Å². The smallest absolute Gasteiger partial charge is 0.312 e. The molecule has 4 N–H and O–H groups in total. The summed E-state index contributed by atoms with van der Waals surface area (Å²) in [6.07, 6.45) is -1.73. The summed E-state index contributed by atoms with van der Waals surface area (Å²) in [5.74, 6) is -3.44. The molecule has 0 aromatic rings. The van der Waals surface area contributed by atoms with Crippen molar-refractivity contribution in [1.82, 2.24) is 0 Å². The minimum Gasteiger partial charge on any atom is -0.459 e. The maximum absolute atomic E-state index is 12.5. The van der Waals surface area contributed by atoms with Crippen LogP contribution in [0.3, 0.4) is 0 Å². The third kappa shape index (κ3) is 3.38. The van der Waals surface area contributed by atoms with Gasteiger partial charge in [0, 0.05) is 18.3 Å². The van der Waals surface area contributed by atoms with Crippen molar-refractivity contribution in [3.63, 3.8) is 0 Å². The van der Waals surface area contributed by atoms with Gasteiger partial charge in [-0.05, 0) is 52.5 Å². The Bertz CT molecular complexity index is 745. The summed E-state index contributed by atoms with van der Waals surface area (Å²) in [7, 11) is 0. The Labute approximate surface area is 176 Å². The topological polar surface area (TPSA) is 134 Å². The summed E-state index contributed by atoms with van der Waals surface area (Å²) in [6, 6.07) is 0. The van der Waals surface area contributed by atoms with Gasteiger partial charge < -0.3 is 29.9 Å². The fraction of sp³-hybridized carbons (Fsp3) is 0.818. The maximum Gasteiger partial charge on any atom is 0.312 e. The van der Waals surface area contributed by atoms with Crippen molar-refractivity contribution in [1.29, 1.82) is 0 Å². The number of aliphatic hydroxyl groups excluding tert-OH is 2. The summed E-state index contributed by atoms with van der Waals surface area (Å²) in [5.41, 5.74) is -3.97. The second kappa shape index (κ2) is 7.58. The van der Waals surface area contributed by atoms with E-state index in [1.165, 1.54) is 13.8 Å². The molecule has 8 heteroatoms. The molecule has 9 atom stereocenters. The molecule has 170 valence electrons. The van der Waals surface area contributed by atoms with Crippen molar-refractivity contribution in [2.75, 3.05) is 0 Å². The molecule has 1 unspecified atom stereocenters. The molecule has 0 bridgehead atoms. The van der Waals surface area contributed by atoms with Crippen molar-refractivity contribution in [2.24, 2.45) is 17.3 Å². The molecule has 1 aliphatic heterocycles. The Hall–Kier alpha value is -1.48. The summed E-state index contributed by atoms with van der Waals surface area (Å²) in [6.45, 7) is 7.69. The van der Waals surface area contributed by atoms with Crippen LogP contribution in [0, 0.1) is 17.3 Å². The molecule has 2 aliphatic carbocycles. The van der Waals surface area contributed by atoms with Crippen LogP contribution in [0.15, 0.2) is 11.6 Å². The van der Waals surface area contributed by atoms with Gasteiger partial charge in [-0.15, -0.1) is 0 Å². The molecule has 0 amide bonds. The lowest BCUT2D eigenvalue weighted by atomic mass is 9.52. The van der Waals surface area contributed by atoms with Crippen LogP contribution in [0.5, 0.6) is 0 Å². The van der Waals surface area contributed by atoms with E-state index < -0.39 is 64.8 Å². The average molecular weight is 427 g/mol. The number of carbonyl (C=O) groups is 2. The molecular weight excluding hydrogens is 392 g/mol. The van der Waals surface area contributed by atoms with Crippen LogP contribution in [0.1, 0.15) is 60.3 Å². The van der Waals surface area contributed by atoms with Gasteiger partial charge >= 0.3 is 11.9 Å². The van der Waals surface area contributed by atoms with Crippen LogP contribution in [0.25, 0.3) is 0 Å². The largest absolute Gasteiger partial charge is 0.459 e. The van der Waals surface area contributed by atoms with Crippen molar-refractivity contribution in [2.45, 2.75) is 95.9 Å². The highest BCUT2D eigenvalue weighted by Crippen LogP contribution is 2.56. The maximum atomic E-state index is 12.5. The van der Waals surface area contributed by atoms with Crippen LogP contribution in [-0.4, -0.2) is 68.0 Å². The number of ether oxygens (including phenoxy) is 2. The summed E-state index contributed by atoms with van der Waals surface area (Å²) < 4.78 is 11.1. The quantitative estimate of drug-likeness (QED) is 0.358. The van der Waals surface area contributed by atoms with Crippen LogP contribution >= 0.6 is 0 Å². The molecule has 1 saturated heterocycles. The molecule has 0 spiro atoms. The zero-order chi connectivity index (χ0) is 22.6. The van der Waals surface area contributed by atoms with E-state index in [-0.39, 0.29) is 12.8 Å². The Kier molecular flexibility index (Phi) is 5.86. The molecule has 1 saturated carbocycles. The molecule has 0 aromatic carbocycles. The molecule has 2 fully saturated rings. The number of rotatable bonds is 1. The number of fused-ring (bicyclic) bond motifs is 2. The molecule has 3 rings (SSSR count). The first-order valence-electron chi connectivity index (χ1n) is 10.6. The zero-order valence-corrected chi connectivity index (χ0v) is 18.3. The first-order valence-corrected chi connectivity index (χ1v) is 10.6. The predicted molar refractivity (Wildman–Crippen MR) is 106 cm³/mol. The SMILES string of the molecule is CC(=O)OC1[C@H]2[C@@](C)([C@H](O)CC/C(C)=C\[C@H]3OC(=O)[C@@H](C)[C@]13O)[C@H](O)CC[C@@]2(C)O. The average Bonchev–Trinajstić information content (AvgIpc) is 2.85. The van der Waals surface area contributed by atoms with Gasteiger partial charge in [-0.2, -0.15) is 0 Å². The lowest BCUT2D eigenvalue weighted by Gasteiger charge is -2.58. The molecule has 3 aliphatic rings. The summed E-state index contributed by atoms with van der Waals surface area (Å²) >= 11 is 0. The fourth-order valence-corrected chi connectivity index (χ4v) is 5.81. The monoisotopic (exact) mass is 426 g/mol. The van der Waals surface area contributed by atoms with E-state index in [0.29, 0.717) is 12.8 Å². The molecule has 30 heavy (non-hydrogen) atoms. The highest BCUT2D eigenvalue weighted by Gasteiger charge is 2.69. The number of hydrogen-bond donors (Lipinski definition) is 4. The Balaban J connectivity index is 2.30. The van der Waals surface area contributed by atoms with E-state index in [0.717, 1.165) is 5.57 Å². The fourth-order valence-electron chi connectivity index (χ4n) is 5.81. The van der Waals surface area contributed by atoms with Crippen LogP contribution in [0.2, 0.25) is 0 Å². The van der Waals surface area contributed by atoms with Crippen LogP contribution in [0.4, 0.5) is 0 Å². The van der Waals surface area contributed by atoms with Crippen LogP contribution < -0.4 is 0 Å². The van der Waals surface area contributed by atoms with E-state index in [1.807, 2.05) is 0 Å². The highest BCUT2D eigenvalue weighted by molar-refractivity contribution is 5.77. The van der Waals surface area contributed by atoms with Gasteiger partial charge in [0.25, 0.3) is 0 Å². The van der Waals surface area contributed by atoms with E-state index >= 15 is 0 Å². The standard InChI is InChI=1S/C22H34O8/c1-11-6-7-14(24)21(5)15(25)8-9-20(4,27)17(21)18(29-13(3)23)22(28)12(2)19(26)30-16(22)10-11/h10,12,14-18,24-25,27-28H,6-9H2,1-5H3/b11-10-/t12-,14-,15-,16-,17-,18?,20-,21+,22-/m1/s1. The third-order valence-electron chi connectivity index (χ3n) is 7.75. The lowest BCUT2D eigenvalue weighted by Crippen LogP contribution is -2.70. The molecule has 0 radical (unpaired) electrons. The first-order chi connectivity index (χ1) is 13.8. The van der Waals surface area contributed by atoms with Crippen LogP contribution in [-0.2, 0) is 19.1 Å². The number of hydrogen-bond acceptors (Lipinski definition) is 8. The van der Waals surface area contributed by atoms with Crippen molar-refractivity contribution in [3.05, 3.63) is 11.6 Å². The number of aliphatic hydroxyl groups is 4.